The summed E-state index contributed by atoms with van der Waals surface area (Å²) in [5.41, 5.74) is 0.759. The maximum Gasteiger partial charge on any atom is 0.135 e. The van der Waals surface area contributed by atoms with Gasteiger partial charge in [0, 0.05) is 4.47 Å². The standard InChI is InChI=1S/C7H4BrClN2O/c8-5-1-4(12)3-11-7(5)6(9)2-10-11/h1-3,12H. The molecule has 2 aromatic heterocycles. The number of fused-ring (bicyclic) bond motifs is 1. The maximum atomic E-state index is 9.19. The van der Waals surface area contributed by atoms with Gasteiger partial charge in [-0.3, -0.25) is 0 Å². The van der Waals surface area contributed by atoms with Crippen LogP contribution in [0.1, 0.15) is 0 Å². The number of hydrogen-bond donors (Lipinski definition) is 1. The molecule has 0 unspecified atom stereocenters. The lowest BCUT2D eigenvalue weighted by molar-refractivity contribution is 0.470. The van der Waals surface area contributed by atoms with Crippen LogP contribution in [0.5, 0.6) is 5.75 Å². The van der Waals surface area contributed by atoms with Gasteiger partial charge < -0.3 is 5.11 Å². The van der Waals surface area contributed by atoms with Crippen molar-refractivity contribution in [2.24, 2.45) is 0 Å². The molecular formula is C7H4BrClN2O. The molecule has 0 aromatic carbocycles. The van der Waals surface area contributed by atoms with Crippen LogP contribution in [0.4, 0.5) is 0 Å². The highest BCUT2D eigenvalue weighted by Gasteiger charge is 2.06. The molecular weight excluding hydrogens is 243 g/mol. The number of aromatic hydroxyl groups is 1. The Kier molecular flexibility index (Phi) is 1.73. The third kappa shape index (κ3) is 1.07. The molecule has 0 amide bonds. The van der Waals surface area contributed by atoms with Gasteiger partial charge >= 0.3 is 0 Å². The highest BCUT2D eigenvalue weighted by Crippen LogP contribution is 2.28. The van der Waals surface area contributed by atoms with Gasteiger partial charge in [-0.2, -0.15) is 5.10 Å². The summed E-state index contributed by atoms with van der Waals surface area (Å²) in [5.74, 6) is 0.147. The highest BCUT2D eigenvalue weighted by atomic mass is 79.9. The van der Waals surface area contributed by atoms with Crippen LogP contribution in [0.25, 0.3) is 5.52 Å². The average Bonchev–Trinajstić information content (AvgIpc) is 2.31. The molecule has 0 radical (unpaired) electrons. The zero-order chi connectivity index (χ0) is 8.72. The molecule has 3 nitrogen and oxygen atoms in total. The first kappa shape index (κ1) is 7.89. The zero-order valence-electron chi connectivity index (χ0n) is 5.83. The first-order valence-electron chi connectivity index (χ1n) is 3.20. The van der Waals surface area contributed by atoms with E-state index in [9.17, 15) is 5.11 Å². The van der Waals surface area contributed by atoms with E-state index in [0.29, 0.717) is 5.02 Å². The summed E-state index contributed by atoms with van der Waals surface area (Å²) in [6, 6.07) is 1.57. The third-order valence-electron chi connectivity index (χ3n) is 1.51. The molecule has 0 fully saturated rings. The first-order chi connectivity index (χ1) is 5.68. The number of halogens is 2. The van der Waals surface area contributed by atoms with Crippen molar-refractivity contribution >= 4 is 33.0 Å². The molecule has 0 bridgehead atoms. The Morgan fingerprint density at radius 1 is 1.58 bits per heavy atom. The fraction of sp³-hybridized carbons (Fsp3) is 0. The van der Waals surface area contributed by atoms with Gasteiger partial charge in [-0.05, 0) is 22.0 Å². The van der Waals surface area contributed by atoms with Crippen LogP contribution in [-0.4, -0.2) is 14.7 Å². The lowest BCUT2D eigenvalue weighted by atomic mass is 10.4. The number of aromatic nitrogens is 2. The molecule has 0 saturated heterocycles. The molecule has 0 aliphatic heterocycles. The van der Waals surface area contributed by atoms with Gasteiger partial charge in [-0.25, -0.2) is 4.52 Å². The summed E-state index contributed by atoms with van der Waals surface area (Å²) in [6.07, 6.45) is 3.02. The van der Waals surface area contributed by atoms with E-state index >= 15 is 0 Å². The maximum absolute atomic E-state index is 9.19. The normalized spacial score (nSPS) is 10.8. The van der Waals surface area contributed by atoms with Crippen LogP contribution in [0, 0.1) is 0 Å². The lowest BCUT2D eigenvalue weighted by Crippen LogP contribution is -1.85. The Bertz CT molecular complexity index is 440. The Balaban J connectivity index is 2.93. The van der Waals surface area contributed by atoms with Crippen LogP contribution in [0.3, 0.4) is 0 Å². The fourth-order valence-corrected chi connectivity index (χ4v) is 2.00. The summed E-state index contributed by atoms with van der Waals surface area (Å²) in [4.78, 5) is 0. The van der Waals surface area contributed by atoms with E-state index in [1.165, 1.54) is 16.9 Å². The third-order valence-corrected chi connectivity index (χ3v) is 2.39. The van der Waals surface area contributed by atoms with E-state index in [2.05, 4.69) is 21.0 Å². The van der Waals surface area contributed by atoms with Crippen molar-refractivity contribution in [1.82, 2.24) is 9.61 Å². The minimum Gasteiger partial charge on any atom is -0.506 e. The Morgan fingerprint density at radius 3 is 3.08 bits per heavy atom. The van der Waals surface area contributed by atoms with Gasteiger partial charge in [0.1, 0.15) is 5.75 Å². The van der Waals surface area contributed by atoms with Crippen molar-refractivity contribution in [3.63, 3.8) is 0 Å². The summed E-state index contributed by atoms with van der Waals surface area (Å²) < 4.78 is 2.24. The van der Waals surface area contributed by atoms with Gasteiger partial charge in [-0.1, -0.05) is 11.6 Å². The number of hydrogen-bond acceptors (Lipinski definition) is 2. The lowest BCUT2D eigenvalue weighted by Gasteiger charge is -1.97. The molecule has 0 aliphatic rings. The van der Waals surface area contributed by atoms with Gasteiger partial charge in [0.25, 0.3) is 0 Å². The molecule has 12 heavy (non-hydrogen) atoms. The van der Waals surface area contributed by atoms with Crippen LogP contribution < -0.4 is 0 Å². The summed E-state index contributed by atoms with van der Waals surface area (Å²) in [5, 5.41) is 13.7. The largest absolute Gasteiger partial charge is 0.506 e. The molecule has 2 rings (SSSR count). The van der Waals surface area contributed by atoms with Crippen LogP contribution in [0.15, 0.2) is 22.9 Å². The van der Waals surface area contributed by atoms with Gasteiger partial charge in [0.05, 0.1) is 22.9 Å². The van der Waals surface area contributed by atoms with Crippen LogP contribution >= 0.6 is 27.5 Å². The van der Waals surface area contributed by atoms with E-state index in [4.69, 9.17) is 11.6 Å². The summed E-state index contributed by atoms with van der Waals surface area (Å²) >= 11 is 9.11. The predicted octanol–water partition coefficient (Wildman–Crippen LogP) is 2.46. The van der Waals surface area contributed by atoms with Crippen molar-refractivity contribution < 1.29 is 5.11 Å². The van der Waals surface area contributed by atoms with Crippen molar-refractivity contribution in [3.8, 4) is 5.75 Å². The predicted molar refractivity (Wildman–Crippen MR) is 49.6 cm³/mol. The highest BCUT2D eigenvalue weighted by molar-refractivity contribution is 9.10. The summed E-state index contributed by atoms with van der Waals surface area (Å²) in [7, 11) is 0. The topological polar surface area (TPSA) is 37.5 Å². The molecule has 2 aromatic rings. The molecule has 2 heterocycles. The van der Waals surface area contributed by atoms with Crippen LogP contribution in [-0.2, 0) is 0 Å². The van der Waals surface area contributed by atoms with Gasteiger partial charge in [0.2, 0.25) is 0 Å². The average molecular weight is 247 g/mol. The molecule has 0 aliphatic carbocycles. The fourth-order valence-electron chi connectivity index (χ4n) is 1.02. The van der Waals surface area contributed by atoms with Crippen LogP contribution in [0.2, 0.25) is 5.02 Å². The number of rotatable bonds is 0. The Hall–Kier alpha value is -0.740. The molecule has 62 valence electrons. The monoisotopic (exact) mass is 246 g/mol. The minimum absolute atomic E-state index is 0.147. The quantitative estimate of drug-likeness (QED) is 0.776. The molecule has 0 atom stereocenters. The SMILES string of the molecule is Oc1cc(Br)c2c(Cl)cnn2c1. The van der Waals surface area contributed by atoms with E-state index in [1.807, 2.05) is 0 Å². The molecule has 1 N–H and O–H groups in total. The Morgan fingerprint density at radius 2 is 2.33 bits per heavy atom. The smallest absolute Gasteiger partial charge is 0.135 e. The molecule has 0 spiro atoms. The first-order valence-corrected chi connectivity index (χ1v) is 4.37. The zero-order valence-corrected chi connectivity index (χ0v) is 8.17. The van der Waals surface area contributed by atoms with Crippen molar-refractivity contribution in [1.29, 1.82) is 0 Å². The Labute approximate surface area is 81.7 Å². The van der Waals surface area contributed by atoms with Crippen molar-refractivity contribution in [2.75, 3.05) is 0 Å². The number of pyridine rings is 1. The van der Waals surface area contributed by atoms with Crippen molar-refractivity contribution in [2.45, 2.75) is 0 Å². The van der Waals surface area contributed by atoms with E-state index in [-0.39, 0.29) is 5.75 Å². The van der Waals surface area contributed by atoms with Crippen molar-refractivity contribution in [3.05, 3.63) is 28.0 Å². The summed E-state index contributed by atoms with van der Waals surface area (Å²) in [6.45, 7) is 0. The second-order valence-corrected chi connectivity index (χ2v) is 3.59. The second kappa shape index (κ2) is 2.64. The minimum atomic E-state index is 0.147. The second-order valence-electron chi connectivity index (χ2n) is 2.33. The molecule has 5 heteroatoms. The van der Waals surface area contributed by atoms with E-state index in [1.54, 1.807) is 6.07 Å². The number of nitrogens with zero attached hydrogens (tertiary/aromatic N) is 2. The molecule has 0 saturated carbocycles. The van der Waals surface area contributed by atoms with E-state index in [0.717, 1.165) is 9.99 Å². The van der Waals surface area contributed by atoms with E-state index < -0.39 is 0 Å². The van der Waals surface area contributed by atoms with Gasteiger partial charge in [-0.15, -0.1) is 0 Å². The van der Waals surface area contributed by atoms with Gasteiger partial charge in [0.15, 0.2) is 0 Å².